The van der Waals surface area contributed by atoms with Crippen molar-refractivity contribution in [2.75, 3.05) is 11.9 Å². The van der Waals surface area contributed by atoms with E-state index in [1.54, 1.807) is 32.0 Å². The van der Waals surface area contributed by atoms with Crippen LogP contribution in [-0.2, 0) is 4.79 Å². The summed E-state index contributed by atoms with van der Waals surface area (Å²) >= 11 is 0. The Hall–Kier alpha value is -1.65. The van der Waals surface area contributed by atoms with Gasteiger partial charge < -0.3 is 10.0 Å². The molecule has 0 saturated heterocycles. The SMILES string of the molecule is Cc1ncc(N(C)C(C)(C)C(=O)O)nc1C. The zero-order chi connectivity index (χ0) is 12.5. The Kier molecular flexibility index (Phi) is 3.16. The van der Waals surface area contributed by atoms with Gasteiger partial charge >= 0.3 is 5.97 Å². The third kappa shape index (κ3) is 2.13. The second-order valence-corrected chi connectivity index (χ2v) is 4.32. The van der Waals surface area contributed by atoms with E-state index in [0.717, 1.165) is 11.4 Å². The van der Waals surface area contributed by atoms with Crippen LogP contribution in [0.1, 0.15) is 25.2 Å². The number of aliphatic carboxylic acids is 1. The number of rotatable bonds is 3. The molecule has 1 rings (SSSR count). The highest BCUT2D eigenvalue weighted by Gasteiger charge is 2.33. The first-order valence-corrected chi connectivity index (χ1v) is 5.04. The standard InChI is InChI=1S/C11H17N3O2/c1-7-8(2)13-9(6-12-7)14(5)11(3,4)10(15)16/h6H,1-5H3,(H,15,16). The van der Waals surface area contributed by atoms with Gasteiger partial charge in [0.1, 0.15) is 11.4 Å². The Labute approximate surface area is 95.1 Å². The molecule has 1 N–H and O–H groups in total. The number of hydrogen-bond acceptors (Lipinski definition) is 4. The zero-order valence-electron chi connectivity index (χ0n) is 10.3. The molecule has 1 heterocycles. The van der Waals surface area contributed by atoms with Crippen LogP contribution in [0.4, 0.5) is 5.82 Å². The summed E-state index contributed by atoms with van der Waals surface area (Å²) in [7, 11) is 1.70. The Balaban J connectivity index is 3.10. The molecule has 0 unspecified atom stereocenters. The highest BCUT2D eigenvalue weighted by Crippen LogP contribution is 2.20. The number of anilines is 1. The van der Waals surface area contributed by atoms with Crippen LogP contribution in [0, 0.1) is 13.8 Å². The van der Waals surface area contributed by atoms with E-state index < -0.39 is 11.5 Å². The van der Waals surface area contributed by atoms with Crippen molar-refractivity contribution < 1.29 is 9.90 Å². The number of hydrogen-bond donors (Lipinski definition) is 1. The normalized spacial score (nSPS) is 11.3. The van der Waals surface area contributed by atoms with Crippen molar-refractivity contribution in [2.45, 2.75) is 33.2 Å². The maximum atomic E-state index is 11.1. The third-order valence-electron chi connectivity index (χ3n) is 2.89. The largest absolute Gasteiger partial charge is 0.480 e. The molecule has 0 radical (unpaired) electrons. The van der Waals surface area contributed by atoms with Gasteiger partial charge in [-0.15, -0.1) is 0 Å². The van der Waals surface area contributed by atoms with Gasteiger partial charge in [0.2, 0.25) is 0 Å². The molecule has 1 aromatic heterocycles. The highest BCUT2D eigenvalue weighted by atomic mass is 16.4. The molecule has 0 aliphatic carbocycles. The highest BCUT2D eigenvalue weighted by molar-refractivity contribution is 5.81. The second kappa shape index (κ2) is 4.08. The maximum absolute atomic E-state index is 11.1. The molecule has 0 aliphatic rings. The summed E-state index contributed by atoms with van der Waals surface area (Å²) in [6, 6.07) is 0. The molecule has 16 heavy (non-hydrogen) atoms. The van der Waals surface area contributed by atoms with Gasteiger partial charge in [-0.2, -0.15) is 0 Å². The molecule has 1 aromatic rings. The Morgan fingerprint density at radius 2 is 1.94 bits per heavy atom. The van der Waals surface area contributed by atoms with E-state index in [2.05, 4.69) is 9.97 Å². The number of carboxylic acids is 1. The molecule has 5 nitrogen and oxygen atoms in total. The third-order valence-corrected chi connectivity index (χ3v) is 2.89. The summed E-state index contributed by atoms with van der Waals surface area (Å²) in [4.78, 5) is 21.2. The lowest BCUT2D eigenvalue weighted by Crippen LogP contribution is -2.48. The Morgan fingerprint density at radius 1 is 1.38 bits per heavy atom. The van der Waals surface area contributed by atoms with Crippen LogP contribution in [0.3, 0.4) is 0 Å². The fourth-order valence-electron chi connectivity index (χ4n) is 1.12. The minimum atomic E-state index is -1.00. The van der Waals surface area contributed by atoms with Crippen molar-refractivity contribution in [3.05, 3.63) is 17.6 Å². The van der Waals surface area contributed by atoms with E-state index in [-0.39, 0.29) is 0 Å². The van der Waals surface area contributed by atoms with Gasteiger partial charge in [0, 0.05) is 7.05 Å². The van der Waals surface area contributed by atoms with E-state index in [0.29, 0.717) is 5.82 Å². The fraction of sp³-hybridized carbons (Fsp3) is 0.545. The lowest BCUT2D eigenvalue weighted by atomic mass is 10.0. The summed E-state index contributed by atoms with van der Waals surface area (Å²) in [5.74, 6) is -0.328. The van der Waals surface area contributed by atoms with Gasteiger partial charge in [0.25, 0.3) is 0 Å². The van der Waals surface area contributed by atoms with Crippen LogP contribution in [0.2, 0.25) is 0 Å². The number of nitrogens with zero attached hydrogens (tertiary/aromatic N) is 3. The van der Waals surface area contributed by atoms with Crippen molar-refractivity contribution in [1.29, 1.82) is 0 Å². The first kappa shape index (κ1) is 12.4. The summed E-state index contributed by atoms with van der Waals surface area (Å²) in [5, 5.41) is 9.11. The minimum Gasteiger partial charge on any atom is -0.480 e. The van der Waals surface area contributed by atoms with Crippen LogP contribution in [0.25, 0.3) is 0 Å². The number of carbonyl (C=O) groups is 1. The number of carboxylic acid groups (broad SMARTS) is 1. The molecule has 0 bridgehead atoms. The van der Waals surface area contributed by atoms with E-state index in [1.165, 1.54) is 0 Å². The van der Waals surface area contributed by atoms with E-state index in [1.807, 2.05) is 13.8 Å². The van der Waals surface area contributed by atoms with E-state index in [9.17, 15) is 4.79 Å². The summed E-state index contributed by atoms with van der Waals surface area (Å²) in [5.41, 5.74) is 0.659. The van der Waals surface area contributed by atoms with Gasteiger partial charge in [0.05, 0.1) is 17.6 Å². The quantitative estimate of drug-likeness (QED) is 0.838. The molecular formula is C11H17N3O2. The lowest BCUT2D eigenvalue weighted by Gasteiger charge is -2.32. The fourth-order valence-corrected chi connectivity index (χ4v) is 1.12. The Bertz CT molecular complexity index is 416. The van der Waals surface area contributed by atoms with Gasteiger partial charge in [-0.3, -0.25) is 4.98 Å². The van der Waals surface area contributed by atoms with Crippen molar-refractivity contribution >= 4 is 11.8 Å². The predicted octanol–water partition coefficient (Wildman–Crippen LogP) is 1.39. The molecule has 0 atom stereocenters. The second-order valence-electron chi connectivity index (χ2n) is 4.32. The van der Waals surface area contributed by atoms with Crippen molar-refractivity contribution in [3.63, 3.8) is 0 Å². The summed E-state index contributed by atoms with van der Waals surface area (Å²) in [6.45, 7) is 6.99. The summed E-state index contributed by atoms with van der Waals surface area (Å²) < 4.78 is 0. The van der Waals surface area contributed by atoms with Crippen LogP contribution in [-0.4, -0.2) is 33.6 Å². The first-order valence-electron chi connectivity index (χ1n) is 5.04. The number of aromatic nitrogens is 2. The molecule has 0 aliphatic heterocycles. The molecule has 0 fully saturated rings. The minimum absolute atomic E-state index is 0.565. The molecule has 0 saturated carbocycles. The average Bonchev–Trinajstić information content (AvgIpc) is 2.20. The van der Waals surface area contributed by atoms with Crippen molar-refractivity contribution in [2.24, 2.45) is 0 Å². The topological polar surface area (TPSA) is 66.3 Å². The van der Waals surface area contributed by atoms with Gasteiger partial charge in [-0.05, 0) is 27.7 Å². The molecule has 5 heteroatoms. The number of aryl methyl sites for hydroxylation is 2. The maximum Gasteiger partial charge on any atom is 0.328 e. The first-order chi connectivity index (χ1) is 7.26. The van der Waals surface area contributed by atoms with Crippen LogP contribution >= 0.6 is 0 Å². The predicted molar refractivity (Wildman–Crippen MR) is 61.6 cm³/mol. The van der Waals surface area contributed by atoms with Crippen LogP contribution in [0.5, 0.6) is 0 Å². The molecule has 0 aromatic carbocycles. The van der Waals surface area contributed by atoms with Gasteiger partial charge in [0.15, 0.2) is 0 Å². The molecule has 0 amide bonds. The van der Waals surface area contributed by atoms with Crippen molar-refractivity contribution in [1.82, 2.24) is 9.97 Å². The van der Waals surface area contributed by atoms with Gasteiger partial charge in [-0.25, -0.2) is 9.78 Å². The molecule has 0 spiro atoms. The Morgan fingerprint density at radius 3 is 2.38 bits per heavy atom. The van der Waals surface area contributed by atoms with E-state index >= 15 is 0 Å². The number of likely N-dealkylation sites (N-methyl/N-ethyl adjacent to an activating group) is 1. The monoisotopic (exact) mass is 223 g/mol. The zero-order valence-corrected chi connectivity index (χ0v) is 10.3. The van der Waals surface area contributed by atoms with Crippen LogP contribution < -0.4 is 4.90 Å². The molecular weight excluding hydrogens is 206 g/mol. The average molecular weight is 223 g/mol. The van der Waals surface area contributed by atoms with Crippen molar-refractivity contribution in [3.8, 4) is 0 Å². The van der Waals surface area contributed by atoms with E-state index in [4.69, 9.17) is 5.11 Å². The smallest absolute Gasteiger partial charge is 0.328 e. The lowest BCUT2D eigenvalue weighted by molar-refractivity contribution is -0.142. The summed E-state index contributed by atoms with van der Waals surface area (Å²) in [6.07, 6.45) is 1.59. The molecule has 88 valence electrons. The van der Waals surface area contributed by atoms with Gasteiger partial charge in [-0.1, -0.05) is 0 Å². The van der Waals surface area contributed by atoms with Crippen LogP contribution in [0.15, 0.2) is 6.20 Å².